The van der Waals surface area contributed by atoms with Crippen molar-refractivity contribution in [1.82, 2.24) is 15.1 Å². The molecule has 158 valence electrons. The highest BCUT2D eigenvalue weighted by molar-refractivity contribution is 6.03. The molecule has 0 radical (unpaired) electrons. The molecule has 1 fully saturated rings. The summed E-state index contributed by atoms with van der Waals surface area (Å²) in [6.45, 7) is 3.90. The second-order valence-electron chi connectivity index (χ2n) is 7.27. The maximum atomic E-state index is 12.4. The number of piperazine rings is 1. The van der Waals surface area contributed by atoms with E-state index >= 15 is 0 Å². The van der Waals surface area contributed by atoms with E-state index in [0.717, 1.165) is 5.56 Å². The molecule has 0 saturated carbocycles. The summed E-state index contributed by atoms with van der Waals surface area (Å²) in [7, 11) is 0. The van der Waals surface area contributed by atoms with Gasteiger partial charge in [0.2, 0.25) is 11.8 Å². The minimum atomic E-state index is -0.579. The number of amides is 3. The number of carbonyl (C=O) groups is 3. The van der Waals surface area contributed by atoms with Gasteiger partial charge in [0.05, 0.1) is 24.3 Å². The Bertz CT molecular complexity index is 879. The molecule has 0 spiro atoms. The first-order chi connectivity index (χ1) is 14.5. The number of rotatable bonds is 8. The monoisotopic (exact) mass is 409 g/mol. The topological polar surface area (TPSA) is 108 Å². The number of hydrogen-bond acceptors (Lipinski definition) is 5. The Balaban J connectivity index is 1.38. The zero-order valence-electron chi connectivity index (χ0n) is 16.8. The van der Waals surface area contributed by atoms with Crippen molar-refractivity contribution in [1.29, 1.82) is 0 Å². The molecule has 3 rings (SSSR count). The van der Waals surface area contributed by atoms with Gasteiger partial charge in [-0.1, -0.05) is 42.5 Å². The van der Waals surface area contributed by atoms with Crippen molar-refractivity contribution in [3.8, 4) is 0 Å². The Kier molecular flexibility index (Phi) is 7.53. The number of nitrogens with one attached hydrogen (secondary N) is 2. The summed E-state index contributed by atoms with van der Waals surface area (Å²) in [5, 5.41) is 5.69. The number of nitrogens with two attached hydrogens (primary N) is 1. The van der Waals surface area contributed by atoms with Crippen LogP contribution in [0.3, 0.4) is 0 Å². The van der Waals surface area contributed by atoms with Crippen LogP contribution in [0.2, 0.25) is 0 Å². The maximum Gasteiger partial charge on any atom is 0.250 e. The molecule has 4 N–H and O–H groups in total. The van der Waals surface area contributed by atoms with E-state index in [9.17, 15) is 14.4 Å². The highest BCUT2D eigenvalue weighted by atomic mass is 16.2. The van der Waals surface area contributed by atoms with Crippen molar-refractivity contribution < 1.29 is 14.4 Å². The van der Waals surface area contributed by atoms with Gasteiger partial charge < -0.3 is 16.4 Å². The highest BCUT2D eigenvalue weighted by Crippen LogP contribution is 2.14. The predicted octanol–water partition coefficient (Wildman–Crippen LogP) is 0.658. The van der Waals surface area contributed by atoms with Gasteiger partial charge in [-0.3, -0.25) is 24.2 Å². The van der Waals surface area contributed by atoms with Crippen LogP contribution in [-0.2, 0) is 16.1 Å². The molecule has 30 heavy (non-hydrogen) atoms. The van der Waals surface area contributed by atoms with Crippen molar-refractivity contribution in [3.05, 3.63) is 65.7 Å². The highest BCUT2D eigenvalue weighted by Gasteiger charge is 2.21. The Morgan fingerprint density at radius 2 is 1.37 bits per heavy atom. The van der Waals surface area contributed by atoms with Gasteiger partial charge in [-0.2, -0.15) is 0 Å². The second-order valence-corrected chi connectivity index (χ2v) is 7.27. The molecular formula is C22H27N5O3. The zero-order chi connectivity index (χ0) is 21.3. The quantitative estimate of drug-likeness (QED) is 0.594. The van der Waals surface area contributed by atoms with Gasteiger partial charge >= 0.3 is 0 Å². The number of hydrogen-bond donors (Lipinski definition) is 3. The summed E-state index contributed by atoms with van der Waals surface area (Å²) in [6, 6.07) is 16.5. The largest absolute Gasteiger partial charge is 0.366 e. The van der Waals surface area contributed by atoms with Gasteiger partial charge in [-0.15, -0.1) is 0 Å². The van der Waals surface area contributed by atoms with E-state index in [1.54, 1.807) is 24.3 Å². The first kappa shape index (κ1) is 21.5. The summed E-state index contributed by atoms with van der Waals surface area (Å²) >= 11 is 0. The molecule has 0 unspecified atom stereocenters. The molecule has 1 aliphatic heterocycles. The van der Waals surface area contributed by atoms with E-state index in [2.05, 4.69) is 15.5 Å². The van der Waals surface area contributed by atoms with Crippen molar-refractivity contribution in [2.75, 3.05) is 44.6 Å². The number of nitrogens with zero attached hydrogens (tertiary/aromatic N) is 2. The molecular weight excluding hydrogens is 382 g/mol. The molecule has 8 nitrogen and oxygen atoms in total. The van der Waals surface area contributed by atoms with Crippen LogP contribution in [0.4, 0.5) is 5.69 Å². The Morgan fingerprint density at radius 3 is 2.00 bits per heavy atom. The number of anilines is 1. The molecule has 2 aromatic rings. The minimum absolute atomic E-state index is 0.00638. The fourth-order valence-corrected chi connectivity index (χ4v) is 3.36. The molecule has 1 saturated heterocycles. The molecule has 0 aliphatic carbocycles. The van der Waals surface area contributed by atoms with Crippen LogP contribution in [0.15, 0.2) is 54.6 Å². The van der Waals surface area contributed by atoms with Gasteiger partial charge in [0.25, 0.3) is 5.91 Å². The molecule has 0 atom stereocenters. The zero-order valence-corrected chi connectivity index (χ0v) is 16.8. The number of primary amides is 1. The molecule has 1 aliphatic rings. The second kappa shape index (κ2) is 10.5. The van der Waals surface area contributed by atoms with Crippen LogP contribution in [0, 0.1) is 0 Å². The Morgan fingerprint density at radius 1 is 0.800 bits per heavy atom. The summed E-state index contributed by atoms with van der Waals surface area (Å²) in [5.41, 5.74) is 7.12. The molecule has 3 amide bonds. The minimum Gasteiger partial charge on any atom is -0.366 e. The molecule has 8 heteroatoms. The average Bonchev–Trinajstić information content (AvgIpc) is 2.74. The normalized spacial score (nSPS) is 14.8. The van der Waals surface area contributed by atoms with Crippen molar-refractivity contribution in [2.45, 2.75) is 6.54 Å². The lowest BCUT2D eigenvalue weighted by molar-refractivity contribution is -0.123. The van der Waals surface area contributed by atoms with Gasteiger partial charge in [0.15, 0.2) is 0 Å². The smallest absolute Gasteiger partial charge is 0.250 e. The van der Waals surface area contributed by atoms with Crippen LogP contribution < -0.4 is 16.4 Å². The summed E-state index contributed by atoms with van der Waals surface area (Å²) in [4.78, 5) is 40.1. The first-order valence-corrected chi connectivity index (χ1v) is 9.95. The fraction of sp³-hybridized carbons (Fsp3) is 0.318. The van der Waals surface area contributed by atoms with E-state index in [-0.39, 0.29) is 23.9 Å². The van der Waals surface area contributed by atoms with Crippen LogP contribution in [0.25, 0.3) is 0 Å². The van der Waals surface area contributed by atoms with Crippen LogP contribution in [-0.4, -0.2) is 66.8 Å². The van der Waals surface area contributed by atoms with Crippen LogP contribution in [0.1, 0.15) is 15.9 Å². The third kappa shape index (κ3) is 6.40. The lowest BCUT2D eigenvalue weighted by Crippen LogP contribution is -2.51. The Labute approximate surface area is 176 Å². The summed E-state index contributed by atoms with van der Waals surface area (Å²) in [5.74, 6) is -0.782. The average molecular weight is 409 g/mol. The van der Waals surface area contributed by atoms with Gasteiger partial charge in [-0.25, -0.2) is 0 Å². The predicted molar refractivity (Wildman–Crippen MR) is 115 cm³/mol. The number of para-hydroxylation sites is 1. The fourth-order valence-electron chi connectivity index (χ4n) is 3.36. The Hall–Kier alpha value is -3.23. The van der Waals surface area contributed by atoms with E-state index in [1.807, 2.05) is 35.2 Å². The van der Waals surface area contributed by atoms with Gasteiger partial charge in [-0.05, 0) is 17.7 Å². The molecule has 0 aromatic heterocycles. The molecule has 1 heterocycles. The maximum absolute atomic E-state index is 12.4. The SMILES string of the molecule is NC(=O)c1ccccc1NC(=O)CN1CCN(CC(=O)NCc2ccccc2)CC1. The standard InChI is InChI=1S/C22H27N5O3/c23-22(30)18-8-4-5-9-19(18)25-21(29)16-27-12-10-26(11-13-27)15-20(28)24-14-17-6-2-1-3-7-17/h1-9H,10-16H2,(H2,23,30)(H,24,28)(H,25,29). The van der Waals surface area contributed by atoms with E-state index in [1.165, 1.54) is 0 Å². The van der Waals surface area contributed by atoms with E-state index < -0.39 is 5.91 Å². The molecule has 0 bridgehead atoms. The van der Waals surface area contributed by atoms with E-state index in [0.29, 0.717) is 45.0 Å². The van der Waals surface area contributed by atoms with Crippen molar-refractivity contribution in [2.24, 2.45) is 5.73 Å². The van der Waals surface area contributed by atoms with Gasteiger partial charge in [0, 0.05) is 32.7 Å². The third-order valence-corrected chi connectivity index (χ3v) is 5.00. The van der Waals surface area contributed by atoms with Gasteiger partial charge in [0.1, 0.15) is 0 Å². The molecule has 2 aromatic carbocycles. The number of benzene rings is 2. The lowest BCUT2D eigenvalue weighted by Gasteiger charge is -2.33. The van der Waals surface area contributed by atoms with Crippen LogP contribution >= 0.6 is 0 Å². The van der Waals surface area contributed by atoms with E-state index in [4.69, 9.17) is 5.73 Å². The van der Waals surface area contributed by atoms with Crippen molar-refractivity contribution in [3.63, 3.8) is 0 Å². The summed E-state index contributed by atoms with van der Waals surface area (Å²) in [6.07, 6.45) is 0. The van der Waals surface area contributed by atoms with Crippen LogP contribution in [0.5, 0.6) is 0 Å². The van der Waals surface area contributed by atoms with Crippen molar-refractivity contribution >= 4 is 23.4 Å². The first-order valence-electron chi connectivity index (χ1n) is 9.95. The lowest BCUT2D eigenvalue weighted by atomic mass is 10.1. The summed E-state index contributed by atoms with van der Waals surface area (Å²) < 4.78 is 0. The third-order valence-electron chi connectivity index (χ3n) is 5.00. The number of carbonyl (C=O) groups excluding carboxylic acids is 3.